The van der Waals surface area contributed by atoms with E-state index < -0.39 is 54.2 Å². The average Bonchev–Trinajstić information content (AvgIpc) is 2.72. The Bertz CT molecular complexity index is 849. The highest BCUT2D eigenvalue weighted by molar-refractivity contribution is 5.93. The van der Waals surface area contributed by atoms with Crippen molar-refractivity contribution < 1.29 is 33.8 Å². The molecule has 0 aliphatic heterocycles. The largest absolute Gasteiger partial charge is 0.468 e. The van der Waals surface area contributed by atoms with Crippen LogP contribution in [0.2, 0.25) is 0 Å². The van der Waals surface area contributed by atoms with Gasteiger partial charge in [0.05, 0.1) is 13.7 Å². The second-order valence-electron chi connectivity index (χ2n) is 8.77. The van der Waals surface area contributed by atoms with Gasteiger partial charge in [-0.05, 0) is 52.7 Å². The Balaban J connectivity index is 3.35. The summed E-state index contributed by atoms with van der Waals surface area (Å²) in [7, 11) is 1.20. The molecule has 0 aliphatic carbocycles. The van der Waals surface area contributed by atoms with Gasteiger partial charge in [-0.15, -0.1) is 0 Å². The van der Waals surface area contributed by atoms with Gasteiger partial charge in [-0.2, -0.15) is 0 Å². The number of carbonyl (C=O) groups is 4. The monoisotopic (exact) mass is 465 g/mol. The predicted molar refractivity (Wildman–Crippen MR) is 121 cm³/mol. The van der Waals surface area contributed by atoms with Crippen molar-refractivity contribution in [3.05, 3.63) is 35.4 Å². The van der Waals surface area contributed by atoms with Crippen LogP contribution in [0.4, 0.5) is 4.79 Å². The van der Waals surface area contributed by atoms with E-state index >= 15 is 0 Å². The van der Waals surface area contributed by atoms with Crippen LogP contribution < -0.4 is 10.6 Å². The normalized spacial score (nSPS) is 13.0. The predicted octanol–water partition coefficient (Wildman–Crippen LogP) is 1.45. The highest BCUT2D eigenvalue weighted by Gasteiger charge is 2.38. The van der Waals surface area contributed by atoms with Gasteiger partial charge in [-0.25, -0.2) is 4.79 Å². The van der Waals surface area contributed by atoms with Crippen LogP contribution in [-0.2, 0) is 23.9 Å². The second-order valence-corrected chi connectivity index (χ2v) is 8.77. The molecule has 0 radical (unpaired) electrons. The first-order chi connectivity index (χ1) is 15.3. The van der Waals surface area contributed by atoms with Gasteiger partial charge in [0.25, 0.3) is 0 Å². The Kier molecular flexibility index (Phi) is 10.3. The number of aliphatic hydroxyl groups excluding tert-OH is 1. The molecule has 2 atom stereocenters. The number of carbonyl (C=O) groups excluding carboxylic acids is 4. The van der Waals surface area contributed by atoms with E-state index in [1.807, 2.05) is 0 Å². The Morgan fingerprint density at radius 1 is 1.12 bits per heavy atom. The van der Waals surface area contributed by atoms with Gasteiger partial charge >= 0.3 is 12.1 Å². The number of hydrogen-bond acceptors (Lipinski definition) is 7. The molecule has 0 aliphatic rings. The van der Waals surface area contributed by atoms with Crippen molar-refractivity contribution >= 4 is 23.9 Å². The second kappa shape index (κ2) is 12.2. The van der Waals surface area contributed by atoms with Crippen LogP contribution in [0.3, 0.4) is 0 Å². The first-order valence-electron chi connectivity index (χ1n) is 10.6. The number of rotatable bonds is 9. The number of hydrogen-bond donors (Lipinski definition) is 3. The van der Waals surface area contributed by atoms with Crippen LogP contribution in [0.15, 0.2) is 24.3 Å². The number of nitrogens with one attached hydrogen (secondary N) is 2. The highest BCUT2D eigenvalue weighted by atomic mass is 16.6. The number of aryl methyl sites for hydroxylation is 1. The summed E-state index contributed by atoms with van der Waals surface area (Å²) >= 11 is 0. The summed E-state index contributed by atoms with van der Waals surface area (Å²) < 4.78 is 9.76. The molecule has 0 aromatic heterocycles. The Hall–Kier alpha value is -3.14. The van der Waals surface area contributed by atoms with Crippen molar-refractivity contribution in [2.45, 2.75) is 65.3 Å². The van der Waals surface area contributed by atoms with E-state index in [1.165, 1.54) is 12.0 Å². The van der Waals surface area contributed by atoms with Crippen molar-refractivity contribution in [3.8, 4) is 0 Å². The number of methoxy groups -OCH3 is 1. The number of amides is 3. The fourth-order valence-corrected chi connectivity index (χ4v) is 3.13. The fraction of sp³-hybridized carbons (Fsp3) is 0.565. The molecule has 33 heavy (non-hydrogen) atoms. The summed E-state index contributed by atoms with van der Waals surface area (Å²) in [5.74, 6) is -1.93. The first-order valence-corrected chi connectivity index (χ1v) is 10.6. The van der Waals surface area contributed by atoms with Crippen molar-refractivity contribution in [1.82, 2.24) is 15.5 Å². The van der Waals surface area contributed by atoms with E-state index in [9.17, 15) is 24.3 Å². The number of alkyl carbamates (subject to hydrolysis) is 1. The molecule has 1 aromatic rings. The van der Waals surface area contributed by atoms with Crippen LogP contribution >= 0.6 is 0 Å². The highest BCUT2D eigenvalue weighted by Crippen LogP contribution is 2.27. The number of esters is 1. The molecule has 0 heterocycles. The summed E-state index contributed by atoms with van der Waals surface area (Å²) in [5.41, 5.74) is 0.480. The molecule has 1 aromatic carbocycles. The molecule has 3 N–H and O–H groups in total. The zero-order chi connectivity index (χ0) is 25.3. The lowest BCUT2D eigenvalue weighted by molar-refractivity contribution is -0.146. The molecule has 0 saturated carbocycles. The van der Waals surface area contributed by atoms with Gasteiger partial charge in [0, 0.05) is 6.04 Å². The first kappa shape index (κ1) is 27.9. The molecule has 10 heteroatoms. The lowest BCUT2D eigenvalue weighted by Crippen LogP contribution is -2.56. The molecular weight excluding hydrogens is 430 g/mol. The Morgan fingerprint density at radius 3 is 2.21 bits per heavy atom. The quantitative estimate of drug-likeness (QED) is 0.470. The topological polar surface area (TPSA) is 134 Å². The molecule has 184 valence electrons. The third-order valence-corrected chi connectivity index (χ3v) is 4.63. The maximum atomic E-state index is 13.5. The number of nitrogens with zero attached hydrogens (tertiary/aromatic N) is 1. The smallest absolute Gasteiger partial charge is 0.408 e. The SMILES string of the molecule is COC(=O)CNC(=O)C(c1ccccc1C)N(C(=O)C(CO)NC(=O)OC(C)(C)C)C(C)C. The van der Waals surface area contributed by atoms with Crippen LogP contribution in [0.1, 0.15) is 51.8 Å². The van der Waals surface area contributed by atoms with Gasteiger partial charge in [0.2, 0.25) is 11.8 Å². The van der Waals surface area contributed by atoms with E-state index in [2.05, 4.69) is 15.4 Å². The van der Waals surface area contributed by atoms with E-state index in [-0.39, 0.29) is 6.54 Å². The third-order valence-electron chi connectivity index (χ3n) is 4.63. The summed E-state index contributed by atoms with van der Waals surface area (Å²) in [6.07, 6.45) is -0.874. The fourth-order valence-electron chi connectivity index (χ4n) is 3.13. The van der Waals surface area contributed by atoms with Gasteiger partial charge in [0.1, 0.15) is 24.2 Å². The lowest BCUT2D eigenvalue weighted by atomic mass is 9.97. The van der Waals surface area contributed by atoms with Crippen molar-refractivity contribution in [2.75, 3.05) is 20.3 Å². The maximum absolute atomic E-state index is 13.5. The van der Waals surface area contributed by atoms with Gasteiger partial charge in [-0.3, -0.25) is 14.4 Å². The van der Waals surface area contributed by atoms with Crippen LogP contribution in [-0.4, -0.2) is 71.8 Å². The minimum atomic E-state index is -1.35. The number of benzene rings is 1. The van der Waals surface area contributed by atoms with Crippen LogP contribution in [0.25, 0.3) is 0 Å². The standard InChI is InChI=1S/C23H35N3O7/c1-14(2)26(21(30)17(13-27)25-22(31)33-23(4,5)6)19(16-11-9-8-10-15(16)3)20(29)24-12-18(28)32-7/h8-11,14,17,19,27H,12-13H2,1-7H3,(H,24,29)(H,25,31). The Labute approximate surface area is 194 Å². The number of aliphatic hydroxyl groups is 1. The van der Waals surface area contributed by atoms with Gasteiger partial charge in [-0.1, -0.05) is 24.3 Å². The Morgan fingerprint density at radius 2 is 1.73 bits per heavy atom. The molecular formula is C23H35N3O7. The zero-order valence-electron chi connectivity index (χ0n) is 20.3. The molecule has 0 spiro atoms. The average molecular weight is 466 g/mol. The molecule has 0 bridgehead atoms. The van der Waals surface area contributed by atoms with Crippen molar-refractivity contribution in [3.63, 3.8) is 0 Å². The molecule has 2 unspecified atom stereocenters. The number of ether oxygens (including phenoxy) is 2. The minimum Gasteiger partial charge on any atom is -0.468 e. The van der Waals surface area contributed by atoms with Crippen molar-refractivity contribution in [2.24, 2.45) is 0 Å². The molecule has 3 amide bonds. The van der Waals surface area contributed by atoms with E-state index in [1.54, 1.807) is 65.8 Å². The molecule has 0 saturated heterocycles. The van der Waals surface area contributed by atoms with Gasteiger partial charge < -0.3 is 30.1 Å². The summed E-state index contributed by atoms with van der Waals surface area (Å²) in [6.45, 7) is 9.13. The van der Waals surface area contributed by atoms with E-state index in [4.69, 9.17) is 4.74 Å². The van der Waals surface area contributed by atoms with E-state index in [0.717, 1.165) is 5.56 Å². The summed E-state index contributed by atoms with van der Waals surface area (Å²) in [6, 6.07) is 4.05. The van der Waals surface area contributed by atoms with Crippen molar-refractivity contribution in [1.29, 1.82) is 0 Å². The van der Waals surface area contributed by atoms with Crippen LogP contribution in [0.5, 0.6) is 0 Å². The molecule has 0 fully saturated rings. The van der Waals surface area contributed by atoms with Gasteiger partial charge in [0.15, 0.2) is 0 Å². The third kappa shape index (κ3) is 8.38. The summed E-state index contributed by atoms with van der Waals surface area (Å²) in [5, 5.41) is 14.7. The minimum absolute atomic E-state index is 0.378. The van der Waals surface area contributed by atoms with E-state index in [0.29, 0.717) is 5.56 Å². The van der Waals surface area contributed by atoms with Crippen LogP contribution in [0, 0.1) is 6.92 Å². The summed E-state index contributed by atoms with van der Waals surface area (Å²) in [4.78, 5) is 51.7. The zero-order valence-corrected chi connectivity index (χ0v) is 20.3. The molecule has 10 nitrogen and oxygen atoms in total. The lowest BCUT2D eigenvalue weighted by Gasteiger charge is -2.37. The maximum Gasteiger partial charge on any atom is 0.408 e. The molecule has 1 rings (SSSR count).